The van der Waals surface area contributed by atoms with Gasteiger partial charge in [0.1, 0.15) is 5.67 Å². The third-order valence-electron chi connectivity index (χ3n) is 2.46. The van der Waals surface area contributed by atoms with Crippen molar-refractivity contribution in [2.45, 2.75) is 25.4 Å². The summed E-state index contributed by atoms with van der Waals surface area (Å²) in [6.07, 6.45) is 4.98. The molecule has 0 radical (unpaired) electrons. The summed E-state index contributed by atoms with van der Waals surface area (Å²) in [7, 11) is 0. The van der Waals surface area contributed by atoms with E-state index >= 15 is 0 Å². The van der Waals surface area contributed by atoms with Gasteiger partial charge in [0.15, 0.2) is 0 Å². The van der Waals surface area contributed by atoms with E-state index in [1.54, 1.807) is 6.92 Å². The number of hydrogen-bond donors (Lipinski definition) is 0. The van der Waals surface area contributed by atoms with Crippen LogP contribution < -0.4 is 0 Å². The molecule has 1 heteroatoms. The van der Waals surface area contributed by atoms with Crippen LogP contribution in [0, 0.1) is 0 Å². The number of rotatable bonds is 0. The van der Waals surface area contributed by atoms with Gasteiger partial charge in [-0.2, -0.15) is 0 Å². The Morgan fingerprint density at radius 3 is 2.92 bits per heavy atom. The van der Waals surface area contributed by atoms with Crippen LogP contribution in [0.4, 0.5) is 4.39 Å². The second-order valence-corrected chi connectivity index (χ2v) is 3.90. The molecule has 1 aromatic carbocycles. The number of halogens is 1. The molecule has 1 aromatic rings. The molecule has 0 N–H and O–H groups in total. The number of benzene rings is 1. The first-order valence-corrected chi connectivity index (χ1v) is 4.61. The van der Waals surface area contributed by atoms with Crippen molar-refractivity contribution in [1.29, 1.82) is 0 Å². The molecule has 0 saturated carbocycles. The Hall–Kier alpha value is -1.11. The summed E-state index contributed by atoms with van der Waals surface area (Å²) >= 11 is 0. The first-order valence-electron chi connectivity index (χ1n) is 4.61. The van der Waals surface area contributed by atoms with Crippen molar-refractivity contribution in [3.8, 4) is 0 Å². The zero-order chi connectivity index (χ0) is 9.31. The average molecular weight is 176 g/mol. The largest absolute Gasteiger partial charge is 0.243 e. The molecule has 0 nitrogen and oxygen atoms in total. The van der Waals surface area contributed by atoms with Crippen molar-refractivity contribution < 1.29 is 4.39 Å². The zero-order valence-corrected chi connectivity index (χ0v) is 7.76. The first-order chi connectivity index (χ1) is 6.17. The summed E-state index contributed by atoms with van der Waals surface area (Å²) in [4.78, 5) is 0. The van der Waals surface area contributed by atoms with Crippen LogP contribution in [-0.2, 0) is 6.42 Å². The van der Waals surface area contributed by atoms with Gasteiger partial charge in [-0.1, -0.05) is 36.4 Å². The Bertz CT molecular complexity index is 337. The fraction of sp³-hybridized carbons (Fsp3) is 0.333. The van der Waals surface area contributed by atoms with Crippen molar-refractivity contribution in [3.63, 3.8) is 0 Å². The van der Waals surface area contributed by atoms with Crippen molar-refractivity contribution in [2.24, 2.45) is 0 Å². The minimum Gasteiger partial charge on any atom is -0.243 e. The molecule has 0 amide bonds. The van der Waals surface area contributed by atoms with Gasteiger partial charge in [0.2, 0.25) is 0 Å². The van der Waals surface area contributed by atoms with E-state index in [2.05, 4.69) is 0 Å². The van der Waals surface area contributed by atoms with Crippen molar-refractivity contribution in [1.82, 2.24) is 0 Å². The summed E-state index contributed by atoms with van der Waals surface area (Å²) < 4.78 is 13.8. The monoisotopic (exact) mass is 176 g/mol. The molecule has 1 aliphatic carbocycles. The lowest BCUT2D eigenvalue weighted by molar-refractivity contribution is 0.194. The van der Waals surface area contributed by atoms with Crippen molar-refractivity contribution in [3.05, 3.63) is 41.5 Å². The molecule has 1 unspecified atom stereocenters. The Morgan fingerprint density at radius 1 is 1.31 bits per heavy atom. The van der Waals surface area contributed by atoms with E-state index < -0.39 is 5.67 Å². The van der Waals surface area contributed by atoms with E-state index in [1.807, 2.05) is 36.4 Å². The molecule has 0 saturated heterocycles. The van der Waals surface area contributed by atoms with E-state index in [0.29, 0.717) is 12.8 Å². The molecular weight excluding hydrogens is 163 g/mol. The molecule has 0 aliphatic heterocycles. The summed E-state index contributed by atoms with van der Waals surface area (Å²) in [6, 6.07) is 7.99. The van der Waals surface area contributed by atoms with Crippen LogP contribution in [0.15, 0.2) is 30.3 Å². The summed E-state index contributed by atoms with van der Waals surface area (Å²) in [5.74, 6) is 0. The molecule has 0 aromatic heterocycles. The maximum absolute atomic E-state index is 13.8. The van der Waals surface area contributed by atoms with Crippen LogP contribution in [0.2, 0.25) is 0 Å². The third-order valence-corrected chi connectivity index (χ3v) is 2.46. The Morgan fingerprint density at radius 2 is 2.08 bits per heavy atom. The van der Waals surface area contributed by atoms with Crippen LogP contribution in [0.3, 0.4) is 0 Å². The smallest absolute Gasteiger partial charge is 0.115 e. The first kappa shape index (κ1) is 8.49. The highest BCUT2D eigenvalue weighted by Gasteiger charge is 2.24. The highest BCUT2D eigenvalue weighted by atomic mass is 19.1. The van der Waals surface area contributed by atoms with Gasteiger partial charge < -0.3 is 0 Å². The Balaban J connectivity index is 2.43. The van der Waals surface area contributed by atoms with Crippen LogP contribution in [0.1, 0.15) is 24.5 Å². The highest BCUT2D eigenvalue weighted by molar-refractivity contribution is 5.55. The Labute approximate surface area is 78.1 Å². The van der Waals surface area contributed by atoms with E-state index in [0.717, 1.165) is 11.1 Å². The number of alkyl halides is 1. The van der Waals surface area contributed by atoms with Gasteiger partial charge in [0, 0.05) is 6.42 Å². The molecule has 0 bridgehead atoms. The number of allylic oxidation sites excluding steroid dienone is 1. The van der Waals surface area contributed by atoms with Gasteiger partial charge in [-0.25, -0.2) is 4.39 Å². The second kappa shape index (κ2) is 2.99. The molecule has 1 atom stereocenters. The van der Waals surface area contributed by atoms with Crippen LogP contribution in [0.25, 0.3) is 6.08 Å². The minimum atomic E-state index is -1.08. The normalized spacial score (nSPS) is 26.6. The number of hydrogen-bond acceptors (Lipinski definition) is 0. The zero-order valence-electron chi connectivity index (χ0n) is 7.76. The number of fused-ring (bicyclic) bond motifs is 1. The molecule has 0 fully saturated rings. The lowest BCUT2D eigenvalue weighted by Gasteiger charge is -2.17. The second-order valence-electron chi connectivity index (χ2n) is 3.90. The van der Waals surface area contributed by atoms with Crippen molar-refractivity contribution in [2.75, 3.05) is 0 Å². The van der Waals surface area contributed by atoms with E-state index in [4.69, 9.17) is 0 Å². The molecule has 0 spiro atoms. The van der Waals surface area contributed by atoms with Gasteiger partial charge in [-0.05, 0) is 24.5 Å². The molecule has 68 valence electrons. The molecule has 13 heavy (non-hydrogen) atoms. The van der Waals surface area contributed by atoms with Gasteiger partial charge >= 0.3 is 0 Å². The predicted octanol–water partition coefficient (Wildman–Crippen LogP) is 3.37. The predicted molar refractivity (Wildman–Crippen MR) is 53.3 cm³/mol. The summed E-state index contributed by atoms with van der Waals surface area (Å²) in [6.45, 7) is 1.67. The van der Waals surface area contributed by atoms with E-state index in [1.165, 1.54) is 0 Å². The van der Waals surface area contributed by atoms with Crippen LogP contribution in [-0.4, -0.2) is 5.67 Å². The standard InChI is InChI=1S/C12H13F/c1-12(13)8-4-7-10-5-2-3-6-11(10)9-12/h2-7H,8-9H2,1H3. The lowest BCUT2D eigenvalue weighted by atomic mass is 9.95. The maximum Gasteiger partial charge on any atom is 0.115 e. The van der Waals surface area contributed by atoms with E-state index in [-0.39, 0.29) is 0 Å². The van der Waals surface area contributed by atoms with Gasteiger partial charge in [-0.3, -0.25) is 0 Å². The van der Waals surface area contributed by atoms with Gasteiger partial charge in [-0.15, -0.1) is 0 Å². The van der Waals surface area contributed by atoms with Crippen LogP contribution >= 0.6 is 0 Å². The lowest BCUT2D eigenvalue weighted by Crippen LogP contribution is -2.19. The summed E-state index contributed by atoms with van der Waals surface area (Å²) in [5.41, 5.74) is 1.19. The highest BCUT2D eigenvalue weighted by Crippen LogP contribution is 2.28. The van der Waals surface area contributed by atoms with Crippen LogP contribution in [0.5, 0.6) is 0 Å². The van der Waals surface area contributed by atoms with Crippen molar-refractivity contribution >= 4 is 6.08 Å². The minimum absolute atomic E-state index is 0.516. The van der Waals surface area contributed by atoms with E-state index in [9.17, 15) is 4.39 Å². The topological polar surface area (TPSA) is 0 Å². The van der Waals surface area contributed by atoms with Gasteiger partial charge in [0.05, 0.1) is 0 Å². The third kappa shape index (κ3) is 1.80. The molecular formula is C12H13F. The fourth-order valence-corrected chi connectivity index (χ4v) is 1.76. The maximum atomic E-state index is 13.8. The summed E-state index contributed by atoms with van der Waals surface area (Å²) in [5, 5.41) is 0. The average Bonchev–Trinajstić information content (AvgIpc) is 2.21. The molecule has 2 rings (SSSR count). The molecule has 1 aliphatic rings. The van der Waals surface area contributed by atoms with Gasteiger partial charge in [0.25, 0.3) is 0 Å². The fourth-order valence-electron chi connectivity index (χ4n) is 1.76. The SMILES string of the molecule is CC1(F)CC=Cc2ccccc2C1. The molecule has 0 heterocycles. The quantitative estimate of drug-likeness (QED) is 0.568. The Kier molecular flexibility index (Phi) is 1.95.